The summed E-state index contributed by atoms with van der Waals surface area (Å²) in [6, 6.07) is 23.2. The normalized spacial score (nSPS) is 11.1. The fourth-order valence-electron chi connectivity index (χ4n) is 4.21. The Morgan fingerprint density at radius 1 is 1.00 bits per heavy atom. The van der Waals surface area contributed by atoms with Gasteiger partial charge >= 0.3 is 0 Å². The highest BCUT2D eigenvalue weighted by atomic mass is 16.3. The molecule has 186 valence electrons. The summed E-state index contributed by atoms with van der Waals surface area (Å²) in [6.07, 6.45) is 0. The minimum atomic E-state index is -0.229. The molecule has 0 aliphatic rings. The van der Waals surface area contributed by atoms with Gasteiger partial charge in [0.15, 0.2) is 0 Å². The maximum absolute atomic E-state index is 14.0. The van der Waals surface area contributed by atoms with E-state index in [0.29, 0.717) is 35.4 Å². The van der Waals surface area contributed by atoms with Crippen LogP contribution in [-0.4, -0.2) is 44.5 Å². The second-order valence-corrected chi connectivity index (χ2v) is 9.20. The molecule has 7 nitrogen and oxygen atoms in total. The van der Waals surface area contributed by atoms with Crippen LogP contribution in [0.1, 0.15) is 41.2 Å². The van der Waals surface area contributed by atoms with E-state index in [1.165, 1.54) is 0 Å². The lowest BCUT2D eigenvalue weighted by atomic mass is 10.1. The lowest BCUT2D eigenvalue weighted by Gasteiger charge is -2.23. The van der Waals surface area contributed by atoms with Gasteiger partial charge in [0.05, 0.1) is 23.2 Å². The van der Waals surface area contributed by atoms with E-state index in [1.807, 2.05) is 92.1 Å². The quantitative estimate of drug-likeness (QED) is 0.363. The third kappa shape index (κ3) is 5.63. The van der Waals surface area contributed by atoms with Crippen molar-refractivity contribution in [1.29, 1.82) is 0 Å². The molecule has 3 aromatic carbocycles. The van der Waals surface area contributed by atoms with Crippen molar-refractivity contribution >= 4 is 28.5 Å². The molecular weight excluding hydrogens is 452 g/mol. The number of fused-ring (bicyclic) bond motifs is 1. The molecule has 2 N–H and O–H groups in total. The number of nitrogens with zero attached hydrogens (tertiary/aromatic N) is 3. The average molecular weight is 485 g/mol. The van der Waals surface area contributed by atoms with Gasteiger partial charge in [-0.25, -0.2) is 4.98 Å². The molecule has 1 aromatic heterocycles. The number of carbonyl (C=O) groups is 2. The van der Waals surface area contributed by atoms with E-state index in [4.69, 9.17) is 4.98 Å². The summed E-state index contributed by atoms with van der Waals surface area (Å²) >= 11 is 0. The van der Waals surface area contributed by atoms with Crippen molar-refractivity contribution in [2.75, 3.05) is 18.5 Å². The molecular formula is C29H32N4O3. The van der Waals surface area contributed by atoms with Crippen LogP contribution in [0.2, 0.25) is 0 Å². The second-order valence-electron chi connectivity index (χ2n) is 9.20. The monoisotopic (exact) mass is 484 g/mol. The number of hydrogen-bond donors (Lipinski definition) is 2. The number of carbonyl (C=O) groups excluding carboxylic acids is 2. The Balaban J connectivity index is 1.83. The average Bonchev–Trinajstić information content (AvgIpc) is 3.18. The number of aromatic nitrogens is 2. The largest absolute Gasteiger partial charge is 0.395 e. The molecule has 0 saturated carbocycles. The van der Waals surface area contributed by atoms with Gasteiger partial charge in [-0.05, 0) is 30.2 Å². The minimum absolute atomic E-state index is 0.135. The molecule has 0 spiro atoms. The Morgan fingerprint density at radius 2 is 1.64 bits per heavy atom. The van der Waals surface area contributed by atoms with E-state index in [2.05, 4.69) is 5.32 Å². The van der Waals surface area contributed by atoms with E-state index in [0.717, 1.165) is 17.0 Å². The Kier molecular flexibility index (Phi) is 7.80. The van der Waals surface area contributed by atoms with Gasteiger partial charge in [0.1, 0.15) is 5.82 Å². The number of aryl methyl sites for hydroxylation is 1. The van der Waals surface area contributed by atoms with E-state index in [1.54, 1.807) is 11.0 Å². The first-order valence-electron chi connectivity index (χ1n) is 12.2. The molecule has 0 radical (unpaired) electrons. The van der Waals surface area contributed by atoms with Crippen LogP contribution in [0.15, 0.2) is 72.8 Å². The highest BCUT2D eigenvalue weighted by Gasteiger charge is 2.24. The van der Waals surface area contributed by atoms with Gasteiger partial charge in [0.2, 0.25) is 5.91 Å². The van der Waals surface area contributed by atoms with Crippen molar-refractivity contribution in [1.82, 2.24) is 14.5 Å². The maximum Gasteiger partial charge on any atom is 0.256 e. The third-order valence-corrected chi connectivity index (χ3v) is 6.11. The Morgan fingerprint density at radius 3 is 2.25 bits per heavy atom. The number of rotatable bonds is 9. The fraction of sp³-hybridized carbons (Fsp3) is 0.276. The first kappa shape index (κ1) is 25.1. The number of anilines is 1. The van der Waals surface area contributed by atoms with Crippen LogP contribution in [0.25, 0.3) is 11.0 Å². The molecule has 4 rings (SSSR count). The van der Waals surface area contributed by atoms with Crippen molar-refractivity contribution < 1.29 is 14.7 Å². The molecule has 0 fully saturated rings. The number of amides is 2. The predicted octanol–water partition coefficient (Wildman–Crippen LogP) is 4.62. The van der Waals surface area contributed by atoms with Crippen LogP contribution >= 0.6 is 0 Å². The van der Waals surface area contributed by atoms with Gasteiger partial charge in [-0.3, -0.25) is 9.59 Å². The van der Waals surface area contributed by atoms with E-state index in [-0.39, 0.29) is 30.9 Å². The van der Waals surface area contributed by atoms with Crippen LogP contribution in [-0.2, 0) is 17.9 Å². The van der Waals surface area contributed by atoms with E-state index >= 15 is 0 Å². The maximum atomic E-state index is 14.0. The zero-order valence-electron chi connectivity index (χ0n) is 20.9. The summed E-state index contributed by atoms with van der Waals surface area (Å²) in [7, 11) is 0. The summed E-state index contributed by atoms with van der Waals surface area (Å²) in [5.74, 6) is 0.200. The topological polar surface area (TPSA) is 87.5 Å². The number of hydrogen-bond acceptors (Lipinski definition) is 4. The highest BCUT2D eigenvalue weighted by Crippen LogP contribution is 2.28. The summed E-state index contributed by atoms with van der Waals surface area (Å²) in [5, 5.41) is 12.7. The first-order valence-corrected chi connectivity index (χ1v) is 12.2. The summed E-state index contributed by atoms with van der Waals surface area (Å²) in [4.78, 5) is 32.8. The van der Waals surface area contributed by atoms with Gasteiger partial charge < -0.3 is 19.9 Å². The number of aliphatic hydroxyl groups excluding tert-OH is 1. The third-order valence-electron chi connectivity index (χ3n) is 6.11. The van der Waals surface area contributed by atoms with Crippen LogP contribution in [0, 0.1) is 12.8 Å². The van der Waals surface area contributed by atoms with Crippen LogP contribution in [0.5, 0.6) is 0 Å². The number of benzene rings is 3. The lowest BCUT2D eigenvalue weighted by molar-refractivity contribution is -0.118. The molecule has 2 amide bonds. The summed E-state index contributed by atoms with van der Waals surface area (Å²) in [6.45, 7) is 6.50. The van der Waals surface area contributed by atoms with Crippen molar-refractivity contribution in [3.05, 3.63) is 95.3 Å². The van der Waals surface area contributed by atoms with Crippen LogP contribution in [0.4, 0.5) is 5.69 Å². The number of aliphatic hydroxyl groups is 1. The molecule has 0 aliphatic heterocycles. The van der Waals surface area contributed by atoms with Crippen LogP contribution < -0.4 is 5.32 Å². The Labute approximate surface area is 211 Å². The molecule has 1 heterocycles. The van der Waals surface area contributed by atoms with Crippen molar-refractivity contribution in [2.45, 2.75) is 33.9 Å². The second kappa shape index (κ2) is 11.2. The van der Waals surface area contributed by atoms with Crippen molar-refractivity contribution in [3.8, 4) is 0 Å². The van der Waals surface area contributed by atoms with E-state index < -0.39 is 0 Å². The molecule has 0 saturated heterocycles. The van der Waals surface area contributed by atoms with E-state index in [9.17, 15) is 14.7 Å². The van der Waals surface area contributed by atoms with Gasteiger partial charge in [-0.2, -0.15) is 0 Å². The highest BCUT2D eigenvalue weighted by molar-refractivity contribution is 6.08. The van der Waals surface area contributed by atoms with Gasteiger partial charge in [-0.15, -0.1) is 0 Å². The van der Waals surface area contributed by atoms with Crippen LogP contribution in [0.3, 0.4) is 0 Å². The number of imidazole rings is 1. The Bertz CT molecular complexity index is 1350. The fourth-order valence-corrected chi connectivity index (χ4v) is 4.21. The summed E-state index contributed by atoms with van der Waals surface area (Å²) in [5.41, 5.74) is 4.36. The zero-order chi connectivity index (χ0) is 25.7. The molecule has 0 bridgehead atoms. The van der Waals surface area contributed by atoms with Crippen molar-refractivity contribution in [3.63, 3.8) is 0 Å². The lowest BCUT2D eigenvalue weighted by Crippen LogP contribution is -2.33. The van der Waals surface area contributed by atoms with Gasteiger partial charge in [-0.1, -0.05) is 74.5 Å². The molecule has 7 heteroatoms. The first-order chi connectivity index (χ1) is 17.4. The standard InChI is InChI=1S/C29H32N4O3/c1-20(2)28(35)31-24-16-25(29(36)32(14-15-34)18-22-10-6-4-7-11-22)27-26(17-24)30-21(3)33(27)19-23-12-8-5-9-13-23/h4-13,16-17,20,34H,14-15,18-19H2,1-3H3,(H,31,35). The molecule has 4 aromatic rings. The van der Waals surface area contributed by atoms with Crippen molar-refractivity contribution in [2.24, 2.45) is 5.92 Å². The molecule has 0 aliphatic carbocycles. The zero-order valence-corrected chi connectivity index (χ0v) is 20.9. The predicted molar refractivity (Wildman–Crippen MR) is 142 cm³/mol. The molecule has 0 atom stereocenters. The van der Waals surface area contributed by atoms with Gasteiger partial charge in [0.25, 0.3) is 5.91 Å². The SMILES string of the molecule is Cc1nc2cc(NC(=O)C(C)C)cc(C(=O)N(CCO)Cc3ccccc3)c2n1Cc1ccccc1. The summed E-state index contributed by atoms with van der Waals surface area (Å²) < 4.78 is 2.03. The molecule has 36 heavy (non-hydrogen) atoms. The Hall–Kier alpha value is -3.97. The minimum Gasteiger partial charge on any atom is -0.395 e. The molecule has 0 unspecified atom stereocenters. The smallest absolute Gasteiger partial charge is 0.256 e. The number of nitrogens with one attached hydrogen (secondary N) is 1. The van der Waals surface area contributed by atoms with Gasteiger partial charge in [0, 0.05) is 31.2 Å².